The molecule has 8 heteroatoms. The van der Waals surface area contributed by atoms with Gasteiger partial charge in [-0.15, -0.1) is 0 Å². The Morgan fingerprint density at radius 2 is 2.00 bits per heavy atom. The highest BCUT2D eigenvalue weighted by atomic mass is 32.2. The molecular weight excluding hydrogens is 335 g/mol. The van der Waals surface area contributed by atoms with Crippen LogP contribution in [0.25, 0.3) is 6.08 Å². The van der Waals surface area contributed by atoms with Crippen molar-refractivity contribution >= 4 is 27.7 Å². The Bertz CT molecular complexity index is 895. The first kappa shape index (κ1) is 17.6. The van der Waals surface area contributed by atoms with Gasteiger partial charge in [-0.2, -0.15) is 0 Å². The van der Waals surface area contributed by atoms with E-state index in [1.807, 2.05) is 0 Å². The lowest BCUT2D eigenvalue weighted by Crippen LogP contribution is -2.14. The van der Waals surface area contributed by atoms with Crippen LogP contribution in [0.15, 0.2) is 53.4 Å². The number of nitrogens with two attached hydrogens (primary N) is 1. The van der Waals surface area contributed by atoms with Crippen molar-refractivity contribution in [1.82, 2.24) is 0 Å². The van der Waals surface area contributed by atoms with Crippen molar-refractivity contribution in [2.24, 2.45) is 5.14 Å². The van der Waals surface area contributed by atoms with Crippen LogP contribution in [-0.4, -0.2) is 21.4 Å². The molecule has 0 aliphatic rings. The van der Waals surface area contributed by atoms with Crippen LogP contribution in [0.2, 0.25) is 0 Å². The van der Waals surface area contributed by atoms with Crippen LogP contribution in [-0.2, 0) is 14.8 Å². The van der Waals surface area contributed by atoms with E-state index in [0.717, 1.165) is 23.8 Å². The number of halogens is 1. The minimum atomic E-state index is -4.07. The first-order chi connectivity index (χ1) is 11.3. The largest absolute Gasteiger partial charge is 0.497 e. The Balaban J connectivity index is 2.15. The monoisotopic (exact) mass is 350 g/mol. The second kappa shape index (κ2) is 7.24. The number of anilines is 1. The summed E-state index contributed by atoms with van der Waals surface area (Å²) >= 11 is 0. The molecule has 2 rings (SSSR count). The normalized spacial score (nSPS) is 11.5. The van der Waals surface area contributed by atoms with Gasteiger partial charge in [0.05, 0.1) is 12.0 Å². The molecule has 2 aromatic rings. The van der Waals surface area contributed by atoms with E-state index in [0.29, 0.717) is 5.75 Å². The molecule has 0 saturated carbocycles. The van der Waals surface area contributed by atoms with Crippen LogP contribution in [0.3, 0.4) is 0 Å². The number of hydrogen-bond acceptors (Lipinski definition) is 4. The van der Waals surface area contributed by atoms with Gasteiger partial charge in [0, 0.05) is 11.8 Å². The maximum absolute atomic E-state index is 13.4. The Morgan fingerprint density at radius 1 is 1.25 bits per heavy atom. The van der Waals surface area contributed by atoms with Gasteiger partial charge < -0.3 is 10.1 Å². The molecule has 0 radical (unpaired) electrons. The smallest absolute Gasteiger partial charge is 0.248 e. The van der Waals surface area contributed by atoms with E-state index in [1.54, 1.807) is 24.3 Å². The SMILES string of the molecule is COc1cccc(C=CC(=O)Nc2cc(F)cc(S(N)(=O)=O)c2)c1. The Labute approximate surface area is 138 Å². The van der Waals surface area contributed by atoms with Crippen molar-refractivity contribution < 1.29 is 22.3 Å². The molecule has 1 amide bonds. The molecule has 6 nitrogen and oxygen atoms in total. The van der Waals surface area contributed by atoms with Gasteiger partial charge in [0.15, 0.2) is 0 Å². The number of methoxy groups -OCH3 is 1. The molecule has 0 atom stereocenters. The molecular formula is C16H15FN2O4S. The lowest BCUT2D eigenvalue weighted by molar-refractivity contribution is -0.111. The van der Waals surface area contributed by atoms with E-state index < -0.39 is 26.6 Å². The summed E-state index contributed by atoms with van der Waals surface area (Å²) in [6, 6.07) is 9.87. The molecule has 0 heterocycles. The van der Waals surface area contributed by atoms with E-state index in [2.05, 4.69) is 5.32 Å². The van der Waals surface area contributed by atoms with Gasteiger partial charge in [0.2, 0.25) is 15.9 Å². The highest BCUT2D eigenvalue weighted by Crippen LogP contribution is 2.18. The van der Waals surface area contributed by atoms with Crippen LogP contribution in [0.5, 0.6) is 5.75 Å². The molecule has 0 unspecified atom stereocenters. The molecule has 126 valence electrons. The summed E-state index contributed by atoms with van der Waals surface area (Å²) in [5, 5.41) is 7.33. The van der Waals surface area contributed by atoms with Crippen LogP contribution in [0.1, 0.15) is 5.56 Å². The number of sulfonamides is 1. The number of carbonyl (C=O) groups is 1. The van der Waals surface area contributed by atoms with Gasteiger partial charge in [-0.1, -0.05) is 12.1 Å². The van der Waals surface area contributed by atoms with E-state index in [4.69, 9.17) is 9.88 Å². The predicted octanol–water partition coefficient (Wildman–Crippen LogP) is 2.13. The predicted molar refractivity (Wildman–Crippen MR) is 88.4 cm³/mol. The summed E-state index contributed by atoms with van der Waals surface area (Å²) in [6.07, 6.45) is 2.77. The number of nitrogens with one attached hydrogen (secondary N) is 1. The van der Waals surface area contributed by atoms with Crippen LogP contribution in [0, 0.1) is 5.82 Å². The molecule has 0 fully saturated rings. The Morgan fingerprint density at radius 3 is 2.67 bits per heavy atom. The van der Waals surface area contributed by atoms with Crippen molar-refractivity contribution in [3.8, 4) is 5.75 Å². The van der Waals surface area contributed by atoms with Gasteiger partial charge in [0.25, 0.3) is 0 Å². The summed E-state index contributed by atoms with van der Waals surface area (Å²) in [7, 11) is -2.54. The third-order valence-corrected chi connectivity index (χ3v) is 3.88. The molecule has 0 spiro atoms. The minimum absolute atomic E-state index is 0.0145. The lowest BCUT2D eigenvalue weighted by Gasteiger charge is -2.05. The van der Waals surface area contributed by atoms with E-state index in [1.165, 1.54) is 19.3 Å². The summed E-state index contributed by atoms with van der Waals surface area (Å²) in [5.74, 6) is -0.738. The molecule has 3 N–H and O–H groups in total. The summed E-state index contributed by atoms with van der Waals surface area (Å²) < 4.78 is 41.0. The maximum atomic E-state index is 13.4. The maximum Gasteiger partial charge on any atom is 0.248 e. The van der Waals surface area contributed by atoms with E-state index >= 15 is 0 Å². The molecule has 0 aromatic heterocycles. The van der Waals surface area contributed by atoms with Crippen molar-refractivity contribution in [3.63, 3.8) is 0 Å². The third-order valence-electron chi connectivity index (χ3n) is 2.99. The first-order valence-electron chi connectivity index (χ1n) is 6.74. The molecule has 0 aliphatic carbocycles. The van der Waals surface area contributed by atoms with Crippen LogP contribution in [0.4, 0.5) is 10.1 Å². The standard InChI is InChI=1S/C16H15FN2O4S/c1-23-14-4-2-3-11(7-14)5-6-16(20)19-13-8-12(17)9-15(10-13)24(18,21)22/h2-10H,1H3,(H,19,20)(H2,18,21,22). The van der Waals surface area contributed by atoms with Gasteiger partial charge in [-0.25, -0.2) is 17.9 Å². The summed E-state index contributed by atoms with van der Waals surface area (Å²) in [6.45, 7) is 0. The second-order valence-corrected chi connectivity index (χ2v) is 6.38. The quantitative estimate of drug-likeness (QED) is 0.807. The van der Waals surface area contributed by atoms with E-state index in [-0.39, 0.29) is 5.69 Å². The van der Waals surface area contributed by atoms with Gasteiger partial charge >= 0.3 is 0 Å². The van der Waals surface area contributed by atoms with Crippen molar-refractivity contribution in [3.05, 3.63) is 59.9 Å². The minimum Gasteiger partial charge on any atom is -0.497 e. The van der Waals surface area contributed by atoms with E-state index in [9.17, 15) is 17.6 Å². The fourth-order valence-electron chi connectivity index (χ4n) is 1.90. The van der Waals surface area contributed by atoms with Gasteiger partial charge in [-0.05, 0) is 42.0 Å². The number of primary sulfonamides is 1. The average molecular weight is 350 g/mol. The first-order valence-corrected chi connectivity index (χ1v) is 8.29. The molecule has 0 bridgehead atoms. The molecule has 24 heavy (non-hydrogen) atoms. The zero-order valence-electron chi connectivity index (χ0n) is 12.7. The summed E-state index contributed by atoms with van der Waals surface area (Å²) in [5.41, 5.74) is 0.716. The van der Waals surface area contributed by atoms with Gasteiger partial charge in [0.1, 0.15) is 11.6 Å². The van der Waals surface area contributed by atoms with Crippen molar-refractivity contribution in [1.29, 1.82) is 0 Å². The number of amides is 1. The van der Waals surface area contributed by atoms with Gasteiger partial charge in [-0.3, -0.25) is 4.79 Å². The fraction of sp³-hybridized carbons (Fsp3) is 0.0625. The Hall–Kier alpha value is -2.71. The fourth-order valence-corrected chi connectivity index (χ4v) is 2.47. The number of ether oxygens (including phenoxy) is 1. The summed E-state index contributed by atoms with van der Waals surface area (Å²) in [4.78, 5) is 11.5. The van der Waals surface area contributed by atoms with Crippen molar-refractivity contribution in [2.75, 3.05) is 12.4 Å². The number of rotatable bonds is 5. The zero-order chi connectivity index (χ0) is 17.7. The highest BCUT2D eigenvalue weighted by molar-refractivity contribution is 7.89. The second-order valence-electron chi connectivity index (χ2n) is 4.82. The topological polar surface area (TPSA) is 98.5 Å². The average Bonchev–Trinajstić information content (AvgIpc) is 2.52. The number of benzene rings is 2. The molecule has 0 saturated heterocycles. The molecule has 0 aliphatic heterocycles. The zero-order valence-corrected chi connectivity index (χ0v) is 13.5. The van der Waals surface area contributed by atoms with Crippen LogP contribution >= 0.6 is 0 Å². The Kier molecular flexibility index (Phi) is 5.32. The highest BCUT2D eigenvalue weighted by Gasteiger charge is 2.11. The lowest BCUT2D eigenvalue weighted by atomic mass is 10.2. The third kappa shape index (κ3) is 4.90. The number of hydrogen-bond donors (Lipinski definition) is 2. The number of carbonyl (C=O) groups excluding carboxylic acids is 1. The van der Waals surface area contributed by atoms with Crippen molar-refractivity contribution in [2.45, 2.75) is 4.90 Å². The molecule has 2 aromatic carbocycles. The van der Waals surface area contributed by atoms with Crippen LogP contribution < -0.4 is 15.2 Å².